The summed E-state index contributed by atoms with van der Waals surface area (Å²) in [6.07, 6.45) is 5.19. The minimum Gasteiger partial charge on any atom is -0.404 e. The van der Waals surface area contributed by atoms with Gasteiger partial charge in [0.25, 0.3) is 8.32 Å². The van der Waals surface area contributed by atoms with E-state index in [2.05, 4.69) is 99.6 Å². The van der Waals surface area contributed by atoms with Crippen LogP contribution in [0.5, 0.6) is 0 Å². The zero-order chi connectivity index (χ0) is 22.2. The van der Waals surface area contributed by atoms with Gasteiger partial charge in [0.05, 0.1) is 12.7 Å². The highest BCUT2D eigenvalue weighted by Gasteiger charge is 2.50. The third-order valence-electron chi connectivity index (χ3n) is 5.69. The van der Waals surface area contributed by atoms with Gasteiger partial charge in [-0.25, -0.2) is 0 Å². The van der Waals surface area contributed by atoms with Crippen LogP contribution in [-0.4, -0.2) is 26.1 Å². The second kappa shape index (κ2) is 10.7. The zero-order valence-corrected chi connectivity index (χ0v) is 19.9. The zero-order valence-electron chi connectivity index (χ0n) is 18.9. The summed E-state index contributed by atoms with van der Waals surface area (Å²) in [6.45, 7) is 7.04. The van der Waals surface area contributed by atoms with Gasteiger partial charge in [0.1, 0.15) is 0 Å². The number of hydrogen-bond acceptors (Lipinski definition) is 2. The monoisotopic (exact) mass is 430 g/mol. The van der Waals surface area contributed by atoms with Crippen LogP contribution in [0.2, 0.25) is 5.04 Å². The summed E-state index contributed by atoms with van der Waals surface area (Å²) in [5.41, 5.74) is 1.31. The fourth-order valence-corrected chi connectivity index (χ4v) is 8.75. The maximum Gasteiger partial charge on any atom is 0.261 e. The fraction of sp³-hybridized carbons (Fsp3) is 0.286. The number of hydrogen-bond donors (Lipinski definition) is 1. The first kappa shape index (κ1) is 23.2. The molecule has 3 aromatic rings. The van der Waals surface area contributed by atoms with Crippen LogP contribution in [0.25, 0.3) is 0 Å². The lowest BCUT2D eigenvalue weighted by Crippen LogP contribution is -2.67. The van der Waals surface area contributed by atoms with Gasteiger partial charge in [-0.3, -0.25) is 0 Å². The highest BCUT2D eigenvalue weighted by Crippen LogP contribution is 2.36. The number of aliphatic hydroxyl groups excluding tert-OH is 1. The summed E-state index contributed by atoms with van der Waals surface area (Å²) in [6, 6.07) is 31.5. The van der Waals surface area contributed by atoms with Gasteiger partial charge in [-0.2, -0.15) is 0 Å². The molecule has 0 radical (unpaired) electrons. The Balaban J connectivity index is 1.77. The standard InChI is InChI=1S/C28H34O2Si/c1-28(2,3)31(26-19-9-5-10-20-26,27-21-11-6-12-22-27)30-23-25(29)18-14-13-17-24-15-7-4-8-16-24/h4-12,14-16,18-22,25,29H,13,17,23H2,1-3H3/b18-14+. The number of rotatable bonds is 9. The van der Waals surface area contributed by atoms with E-state index in [1.807, 2.05) is 24.3 Å². The van der Waals surface area contributed by atoms with Crippen molar-refractivity contribution in [3.8, 4) is 0 Å². The Bertz CT molecular complexity index is 892. The van der Waals surface area contributed by atoms with Crippen molar-refractivity contribution >= 4 is 18.7 Å². The largest absolute Gasteiger partial charge is 0.404 e. The normalized spacial score (nSPS) is 13.4. The van der Waals surface area contributed by atoms with Gasteiger partial charge in [-0.05, 0) is 33.8 Å². The molecule has 0 aliphatic carbocycles. The van der Waals surface area contributed by atoms with Crippen molar-refractivity contribution in [2.24, 2.45) is 0 Å². The quantitative estimate of drug-likeness (QED) is 0.377. The van der Waals surface area contributed by atoms with Crippen LogP contribution < -0.4 is 10.4 Å². The first-order valence-corrected chi connectivity index (χ1v) is 13.0. The Hall–Kier alpha value is -2.46. The lowest BCUT2D eigenvalue weighted by molar-refractivity contribution is 0.138. The van der Waals surface area contributed by atoms with E-state index in [9.17, 15) is 5.11 Å². The number of benzene rings is 3. The topological polar surface area (TPSA) is 29.5 Å². The van der Waals surface area contributed by atoms with Crippen molar-refractivity contribution in [3.05, 3.63) is 109 Å². The Morgan fingerprint density at radius 3 is 1.77 bits per heavy atom. The number of allylic oxidation sites excluding steroid dienone is 1. The summed E-state index contributed by atoms with van der Waals surface area (Å²) in [5.74, 6) is 0. The molecule has 162 valence electrons. The Morgan fingerprint density at radius 2 is 1.29 bits per heavy atom. The molecular weight excluding hydrogens is 396 g/mol. The Kier molecular flexibility index (Phi) is 8.02. The van der Waals surface area contributed by atoms with E-state index < -0.39 is 14.4 Å². The molecule has 0 aliphatic rings. The van der Waals surface area contributed by atoms with Gasteiger partial charge in [0.15, 0.2) is 0 Å². The lowest BCUT2D eigenvalue weighted by Gasteiger charge is -2.43. The van der Waals surface area contributed by atoms with E-state index in [4.69, 9.17) is 4.43 Å². The first-order chi connectivity index (χ1) is 14.9. The Morgan fingerprint density at radius 1 is 0.806 bits per heavy atom. The molecular formula is C28H34O2Si. The SMILES string of the molecule is CC(C)(C)[Si](OCC(O)/C=C/CCc1ccccc1)(c1ccccc1)c1ccccc1. The van der Waals surface area contributed by atoms with Gasteiger partial charge in [0.2, 0.25) is 0 Å². The highest BCUT2D eigenvalue weighted by atomic mass is 28.4. The van der Waals surface area contributed by atoms with E-state index in [1.165, 1.54) is 15.9 Å². The molecule has 2 nitrogen and oxygen atoms in total. The van der Waals surface area contributed by atoms with Crippen LogP contribution in [0.3, 0.4) is 0 Å². The summed E-state index contributed by atoms with van der Waals surface area (Å²) in [7, 11) is -2.61. The summed E-state index contributed by atoms with van der Waals surface area (Å²) >= 11 is 0. The molecule has 1 N–H and O–H groups in total. The van der Waals surface area contributed by atoms with E-state index in [1.54, 1.807) is 0 Å². The third-order valence-corrected chi connectivity index (χ3v) is 10.7. The molecule has 1 atom stereocenters. The molecule has 3 rings (SSSR count). The van der Waals surface area contributed by atoms with Crippen molar-refractivity contribution in [2.75, 3.05) is 6.61 Å². The van der Waals surface area contributed by atoms with Crippen molar-refractivity contribution < 1.29 is 9.53 Å². The number of aryl methyl sites for hydroxylation is 1. The summed E-state index contributed by atoms with van der Waals surface area (Å²) in [4.78, 5) is 0. The van der Waals surface area contributed by atoms with Gasteiger partial charge in [-0.15, -0.1) is 0 Å². The molecule has 1 unspecified atom stereocenters. The molecule has 3 heteroatoms. The maximum absolute atomic E-state index is 10.7. The molecule has 0 spiro atoms. The van der Waals surface area contributed by atoms with E-state index >= 15 is 0 Å². The molecule has 31 heavy (non-hydrogen) atoms. The van der Waals surface area contributed by atoms with Gasteiger partial charge < -0.3 is 9.53 Å². The molecule has 3 aromatic carbocycles. The molecule has 0 saturated heterocycles. The molecule has 0 heterocycles. The Labute approximate surface area is 188 Å². The fourth-order valence-electron chi connectivity index (χ4n) is 4.18. The highest BCUT2D eigenvalue weighted by molar-refractivity contribution is 6.99. The van der Waals surface area contributed by atoms with Gasteiger partial charge >= 0.3 is 0 Å². The van der Waals surface area contributed by atoms with Crippen molar-refractivity contribution in [3.63, 3.8) is 0 Å². The second-order valence-corrected chi connectivity index (χ2v) is 13.3. The van der Waals surface area contributed by atoms with E-state index in [-0.39, 0.29) is 11.6 Å². The number of aliphatic hydroxyl groups is 1. The predicted molar refractivity (Wildman–Crippen MR) is 133 cm³/mol. The average molecular weight is 431 g/mol. The first-order valence-electron chi connectivity index (χ1n) is 11.1. The minimum atomic E-state index is -2.61. The molecule has 0 aliphatic heterocycles. The smallest absolute Gasteiger partial charge is 0.261 e. The van der Waals surface area contributed by atoms with Crippen LogP contribution in [-0.2, 0) is 10.8 Å². The van der Waals surface area contributed by atoms with Crippen molar-refractivity contribution in [1.82, 2.24) is 0 Å². The van der Waals surface area contributed by atoms with Gasteiger partial charge in [-0.1, -0.05) is 124 Å². The molecule has 0 fully saturated rings. The van der Waals surface area contributed by atoms with E-state index in [0.29, 0.717) is 0 Å². The lowest BCUT2D eigenvalue weighted by atomic mass is 10.1. The van der Waals surface area contributed by atoms with Crippen molar-refractivity contribution in [2.45, 2.75) is 44.8 Å². The average Bonchev–Trinajstić information content (AvgIpc) is 2.78. The maximum atomic E-state index is 10.7. The third kappa shape index (κ3) is 5.82. The van der Waals surface area contributed by atoms with Crippen LogP contribution >= 0.6 is 0 Å². The summed E-state index contributed by atoms with van der Waals surface area (Å²) < 4.78 is 6.78. The van der Waals surface area contributed by atoms with Crippen LogP contribution in [0.4, 0.5) is 0 Å². The van der Waals surface area contributed by atoms with Gasteiger partial charge in [0, 0.05) is 0 Å². The second-order valence-electron chi connectivity index (χ2n) is 8.99. The van der Waals surface area contributed by atoms with Crippen LogP contribution in [0.15, 0.2) is 103 Å². The predicted octanol–water partition coefficient (Wildman–Crippen LogP) is 5.11. The minimum absolute atomic E-state index is 0.0908. The molecule has 0 amide bonds. The molecule has 0 aromatic heterocycles. The molecule has 0 saturated carbocycles. The summed E-state index contributed by atoms with van der Waals surface area (Å²) in [5, 5.41) is 13.0. The van der Waals surface area contributed by atoms with Crippen LogP contribution in [0.1, 0.15) is 32.8 Å². The molecule has 0 bridgehead atoms. The van der Waals surface area contributed by atoms with E-state index in [0.717, 1.165) is 12.8 Å². The van der Waals surface area contributed by atoms with Crippen LogP contribution in [0, 0.1) is 0 Å². The van der Waals surface area contributed by atoms with Crippen molar-refractivity contribution in [1.29, 1.82) is 0 Å².